The second-order valence-corrected chi connectivity index (χ2v) is 7.64. The van der Waals surface area contributed by atoms with Crippen LogP contribution in [0.2, 0.25) is 0 Å². The molecule has 154 valence electrons. The minimum absolute atomic E-state index is 0.173. The Balaban J connectivity index is 1.50. The maximum atomic E-state index is 13.1. The number of para-hydroxylation sites is 1. The second-order valence-electron chi connectivity index (χ2n) is 7.64. The first-order valence-corrected chi connectivity index (χ1v) is 10.5. The summed E-state index contributed by atoms with van der Waals surface area (Å²) in [5.41, 5.74) is 1.89. The van der Waals surface area contributed by atoms with E-state index in [9.17, 15) is 9.59 Å². The molecule has 1 unspecified atom stereocenters. The Bertz CT molecular complexity index is 979. The fourth-order valence-electron chi connectivity index (χ4n) is 3.85. The van der Waals surface area contributed by atoms with Crippen LogP contribution >= 0.6 is 0 Å². The Morgan fingerprint density at radius 2 is 1.57 bits per heavy atom. The van der Waals surface area contributed by atoms with Crippen molar-refractivity contribution in [2.75, 3.05) is 0 Å². The molecular weight excluding hydrogens is 376 g/mol. The van der Waals surface area contributed by atoms with Crippen LogP contribution in [0, 0.1) is 0 Å². The summed E-state index contributed by atoms with van der Waals surface area (Å²) in [5.74, 6) is -0.554. The fraction of sp³-hybridized carbons (Fsp3) is 0.292. The second kappa shape index (κ2) is 9.39. The van der Waals surface area contributed by atoms with Crippen LogP contribution in [0.1, 0.15) is 54.2 Å². The summed E-state index contributed by atoms with van der Waals surface area (Å²) in [5, 5.41) is 10.4. The molecule has 2 aromatic carbocycles. The van der Waals surface area contributed by atoms with Gasteiger partial charge in [-0.3, -0.25) is 9.59 Å². The highest BCUT2D eigenvalue weighted by molar-refractivity contribution is 5.96. The van der Waals surface area contributed by atoms with Gasteiger partial charge in [0, 0.05) is 12.2 Å². The van der Waals surface area contributed by atoms with Crippen LogP contribution in [0.5, 0.6) is 0 Å². The summed E-state index contributed by atoms with van der Waals surface area (Å²) in [7, 11) is 0. The number of nitrogens with one attached hydrogen (secondary N) is 2. The summed E-state index contributed by atoms with van der Waals surface area (Å²) < 4.78 is 1.65. The third-order valence-electron chi connectivity index (χ3n) is 5.46. The standard InChI is InChI=1S/C24H26N4O2/c29-23(21-16-17-28(27-21)20-14-8-3-9-15-20)26-22(18-10-4-1-5-11-18)24(30)25-19-12-6-2-7-13-19/h1,3-5,8-11,14-17,19,22H,2,6-7,12-13H2,(H,25,30)(H,26,29). The van der Waals surface area contributed by atoms with Gasteiger partial charge in [0.2, 0.25) is 5.91 Å². The van der Waals surface area contributed by atoms with Crippen molar-refractivity contribution in [1.82, 2.24) is 20.4 Å². The van der Waals surface area contributed by atoms with Crippen molar-refractivity contribution >= 4 is 11.8 Å². The van der Waals surface area contributed by atoms with Crippen LogP contribution in [0.4, 0.5) is 0 Å². The van der Waals surface area contributed by atoms with Crippen molar-refractivity contribution < 1.29 is 9.59 Å². The molecule has 1 saturated carbocycles. The molecule has 6 heteroatoms. The first-order chi connectivity index (χ1) is 14.7. The van der Waals surface area contributed by atoms with E-state index in [1.165, 1.54) is 6.42 Å². The maximum Gasteiger partial charge on any atom is 0.272 e. The third-order valence-corrected chi connectivity index (χ3v) is 5.46. The van der Waals surface area contributed by atoms with Gasteiger partial charge >= 0.3 is 0 Å². The van der Waals surface area contributed by atoms with Gasteiger partial charge in [0.1, 0.15) is 6.04 Å². The summed E-state index contributed by atoms with van der Waals surface area (Å²) in [6, 6.07) is 20.0. The highest BCUT2D eigenvalue weighted by Gasteiger charge is 2.26. The van der Waals surface area contributed by atoms with Crippen molar-refractivity contribution in [2.24, 2.45) is 0 Å². The molecule has 4 rings (SSSR count). The lowest BCUT2D eigenvalue weighted by Crippen LogP contribution is -2.45. The summed E-state index contributed by atoms with van der Waals surface area (Å²) >= 11 is 0. The van der Waals surface area contributed by atoms with Gasteiger partial charge < -0.3 is 10.6 Å². The number of nitrogens with zero attached hydrogens (tertiary/aromatic N) is 2. The van der Waals surface area contributed by atoms with Gasteiger partial charge in [-0.05, 0) is 36.6 Å². The molecule has 6 nitrogen and oxygen atoms in total. The molecule has 30 heavy (non-hydrogen) atoms. The number of aromatic nitrogens is 2. The third kappa shape index (κ3) is 4.76. The fourth-order valence-corrected chi connectivity index (χ4v) is 3.85. The molecule has 1 aliphatic carbocycles. The van der Waals surface area contributed by atoms with Gasteiger partial charge in [0.15, 0.2) is 5.69 Å². The molecule has 1 fully saturated rings. The number of amides is 2. The van der Waals surface area contributed by atoms with E-state index >= 15 is 0 Å². The lowest BCUT2D eigenvalue weighted by molar-refractivity contribution is -0.124. The van der Waals surface area contributed by atoms with Gasteiger partial charge in [-0.1, -0.05) is 67.8 Å². The van der Waals surface area contributed by atoms with Crippen LogP contribution in [0.25, 0.3) is 5.69 Å². The van der Waals surface area contributed by atoms with Crippen LogP contribution in [0.15, 0.2) is 72.9 Å². The molecule has 1 atom stereocenters. The van der Waals surface area contributed by atoms with Crippen molar-refractivity contribution in [3.05, 3.63) is 84.2 Å². The monoisotopic (exact) mass is 402 g/mol. The van der Waals surface area contributed by atoms with E-state index < -0.39 is 6.04 Å². The van der Waals surface area contributed by atoms with Crippen molar-refractivity contribution in [3.8, 4) is 5.69 Å². The Labute approximate surface area is 176 Å². The Morgan fingerprint density at radius 1 is 0.900 bits per heavy atom. The zero-order valence-electron chi connectivity index (χ0n) is 16.8. The van der Waals surface area contributed by atoms with E-state index in [4.69, 9.17) is 0 Å². The quantitative estimate of drug-likeness (QED) is 0.659. The van der Waals surface area contributed by atoms with Crippen LogP contribution in [-0.2, 0) is 4.79 Å². The summed E-state index contributed by atoms with van der Waals surface area (Å²) in [4.78, 5) is 26.0. The molecule has 0 spiro atoms. The summed E-state index contributed by atoms with van der Waals surface area (Å²) in [6.07, 6.45) is 7.19. The first kappa shape index (κ1) is 19.9. The minimum Gasteiger partial charge on any atom is -0.351 e. The Morgan fingerprint density at radius 3 is 2.27 bits per heavy atom. The molecular formula is C24H26N4O2. The molecule has 0 aliphatic heterocycles. The maximum absolute atomic E-state index is 13.1. The van der Waals surface area contributed by atoms with E-state index in [1.807, 2.05) is 60.7 Å². The molecule has 0 radical (unpaired) electrons. The van der Waals surface area contributed by atoms with Gasteiger partial charge in [-0.15, -0.1) is 0 Å². The zero-order chi connectivity index (χ0) is 20.8. The average molecular weight is 402 g/mol. The topological polar surface area (TPSA) is 76.0 Å². The van der Waals surface area contributed by atoms with Crippen LogP contribution in [0.3, 0.4) is 0 Å². The summed E-state index contributed by atoms with van der Waals surface area (Å²) in [6.45, 7) is 0. The van der Waals surface area contributed by atoms with E-state index in [-0.39, 0.29) is 23.6 Å². The first-order valence-electron chi connectivity index (χ1n) is 10.5. The molecule has 1 aliphatic rings. The van der Waals surface area contributed by atoms with Crippen LogP contribution < -0.4 is 10.6 Å². The predicted molar refractivity (Wildman–Crippen MR) is 115 cm³/mol. The SMILES string of the molecule is O=C(NC(C(=O)NC1CCCCC1)c1ccccc1)c1ccn(-c2ccccc2)n1. The van der Waals surface area contributed by atoms with E-state index in [2.05, 4.69) is 15.7 Å². The molecule has 1 aromatic heterocycles. The van der Waals surface area contributed by atoms with Gasteiger partial charge in [-0.25, -0.2) is 4.68 Å². The van der Waals surface area contributed by atoms with E-state index in [1.54, 1.807) is 16.9 Å². The number of benzene rings is 2. The van der Waals surface area contributed by atoms with E-state index in [0.717, 1.165) is 36.9 Å². The Kier molecular flexibility index (Phi) is 6.23. The van der Waals surface area contributed by atoms with Crippen molar-refractivity contribution in [1.29, 1.82) is 0 Å². The van der Waals surface area contributed by atoms with Gasteiger partial charge in [0.25, 0.3) is 5.91 Å². The molecule has 1 heterocycles. The minimum atomic E-state index is -0.762. The lowest BCUT2D eigenvalue weighted by atomic mass is 9.95. The molecule has 3 aromatic rings. The number of carbonyl (C=O) groups is 2. The highest BCUT2D eigenvalue weighted by Crippen LogP contribution is 2.20. The van der Waals surface area contributed by atoms with Crippen LogP contribution in [-0.4, -0.2) is 27.6 Å². The lowest BCUT2D eigenvalue weighted by Gasteiger charge is -2.26. The number of hydrogen-bond acceptors (Lipinski definition) is 3. The van der Waals surface area contributed by atoms with Gasteiger partial charge in [-0.2, -0.15) is 5.10 Å². The number of rotatable bonds is 6. The van der Waals surface area contributed by atoms with Crippen molar-refractivity contribution in [2.45, 2.75) is 44.2 Å². The average Bonchev–Trinajstić information content (AvgIpc) is 3.30. The Hall–Kier alpha value is -3.41. The predicted octanol–water partition coefficient (Wildman–Crippen LogP) is 3.79. The van der Waals surface area contributed by atoms with Crippen molar-refractivity contribution in [3.63, 3.8) is 0 Å². The van der Waals surface area contributed by atoms with Gasteiger partial charge in [0.05, 0.1) is 5.69 Å². The molecule has 2 amide bonds. The number of hydrogen-bond donors (Lipinski definition) is 2. The smallest absolute Gasteiger partial charge is 0.272 e. The largest absolute Gasteiger partial charge is 0.351 e. The molecule has 0 saturated heterocycles. The molecule has 2 N–H and O–H groups in total. The highest BCUT2D eigenvalue weighted by atomic mass is 16.2. The molecule has 0 bridgehead atoms. The number of carbonyl (C=O) groups excluding carboxylic acids is 2. The normalized spacial score (nSPS) is 15.3. The van der Waals surface area contributed by atoms with E-state index in [0.29, 0.717) is 0 Å². The zero-order valence-corrected chi connectivity index (χ0v) is 16.8.